The summed E-state index contributed by atoms with van der Waals surface area (Å²) in [6, 6.07) is 11.3. The maximum Gasteiger partial charge on any atom is 0.244 e. The first-order chi connectivity index (χ1) is 14.2. The number of nitriles is 1. The molecule has 1 aliphatic heterocycles. The summed E-state index contributed by atoms with van der Waals surface area (Å²) in [6.45, 7) is 0.525. The average molecular weight is 434 g/mol. The summed E-state index contributed by atoms with van der Waals surface area (Å²) in [4.78, 5) is 15.5. The average Bonchev–Trinajstić information content (AvgIpc) is 2.75. The van der Waals surface area contributed by atoms with E-state index in [2.05, 4.69) is 0 Å². The van der Waals surface area contributed by atoms with Crippen LogP contribution in [0.15, 0.2) is 47.4 Å². The Morgan fingerprint density at radius 3 is 2.40 bits per heavy atom. The molecule has 1 saturated heterocycles. The first kappa shape index (κ1) is 21.7. The molecule has 0 N–H and O–H groups in total. The normalized spacial score (nSPS) is 14.9. The molecule has 0 unspecified atom stereocenters. The van der Waals surface area contributed by atoms with E-state index in [-0.39, 0.29) is 49.1 Å². The molecule has 0 aliphatic carbocycles. The number of rotatable bonds is 5. The lowest BCUT2D eigenvalue weighted by Crippen LogP contribution is -2.52. The Balaban J connectivity index is 1.63. The van der Waals surface area contributed by atoms with Crippen molar-refractivity contribution in [2.24, 2.45) is 0 Å². The summed E-state index contributed by atoms with van der Waals surface area (Å²) < 4.78 is 53.5. The van der Waals surface area contributed by atoms with Gasteiger partial charge in [0.1, 0.15) is 6.07 Å². The molecule has 2 aromatic carbocycles. The highest BCUT2D eigenvalue weighted by Gasteiger charge is 2.31. The maximum absolute atomic E-state index is 13.4. The predicted octanol–water partition coefficient (Wildman–Crippen LogP) is 1.81. The zero-order valence-corrected chi connectivity index (χ0v) is 17.1. The van der Waals surface area contributed by atoms with Crippen molar-refractivity contribution in [1.29, 1.82) is 5.26 Å². The second-order valence-corrected chi connectivity index (χ2v) is 8.75. The Hall–Kier alpha value is -3.03. The number of carbonyl (C=O) groups is 1. The first-order valence-electron chi connectivity index (χ1n) is 9.17. The Labute approximate surface area is 173 Å². The molecule has 0 radical (unpaired) electrons. The van der Waals surface area contributed by atoms with Crippen LogP contribution in [0.4, 0.5) is 14.5 Å². The van der Waals surface area contributed by atoms with E-state index >= 15 is 0 Å². The standard InChI is InChI=1S/C20H20F2N4O3S/c1-24(16-6-7-17(21)18(22)12-16)14-20(27)25-8-10-26(11-9-25)30(28,29)19-5-3-2-4-15(19)13-23/h2-7,12H,8-11,14H2,1H3. The molecule has 1 aliphatic rings. The van der Waals surface area contributed by atoms with E-state index in [0.29, 0.717) is 5.69 Å². The minimum Gasteiger partial charge on any atom is -0.365 e. The van der Waals surface area contributed by atoms with Gasteiger partial charge in [-0.1, -0.05) is 12.1 Å². The van der Waals surface area contributed by atoms with Gasteiger partial charge < -0.3 is 9.80 Å². The second kappa shape index (κ2) is 8.77. The van der Waals surface area contributed by atoms with Crippen LogP contribution < -0.4 is 4.90 Å². The summed E-state index contributed by atoms with van der Waals surface area (Å²) in [7, 11) is -2.26. The molecule has 158 valence electrons. The highest BCUT2D eigenvalue weighted by molar-refractivity contribution is 7.89. The molecule has 3 rings (SSSR count). The number of benzene rings is 2. The molecule has 0 aromatic heterocycles. The Morgan fingerprint density at radius 2 is 1.77 bits per heavy atom. The van der Waals surface area contributed by atoms with Crippen molar-refractivity contribution >= 4 is 21.6 Å². The topological polar surface area (TPSA) is 84.7 Å². The Kier molecular flexibility index (Phi) is 6.34. The van der Waals surface area contributed by atoms with Crippen molar-refractivity contribution in [2.45, 2.75) is 4.90 Å². The van der Waals surface area contributed by atoms with Crippen LogP contribution in [0.1, 0.15) is 5.56 Å². The molecule has 1 amide bonds. The number of hydrogen-bond donors (Lipinski definition) is 0. The molecular weight excluding hydrogens is 414 g/mol. The number of likely N-dealkylation sites (N-methyl/N-ethyl adjacent to an activating group) is 1. The fourth-order valence-corrected chi connectivity index (χ4v) is 4.78. The molecule has 2 aromatic rings. The van der Waals surface area contributed by atoms with Gasteiger partial charge in [0, 0.05) is 45.0 Å². The van der Waals surface area contributed by atoms with Crippen LogP contribution in [0.5, 0.6) is 0 Å². The number of anilines is 1. The van der Waals surface area contributed by atoms with E-state index in [1.165, 1.54) is 32.3 Å². The van der Waals surface area contributed by atoms with Gasteiger partial charge in [0.15, 0.2) is 11.6 Å². The molecule has 0 spiro atoms. The number of halogens is 2. The highest BCUT2D eigenvalue weighted by Crippen LogP contribution is 2.21. The number of amides is 1. The van der Waals surface area contributed by atoms with Gasteiger partial charge in [0.25, 0.3) is 0 Å². The molecule has 1 fully saturated rings. The van der Waals surface area contributed by atoms with Crippen LogP contribution in [0.3, 0.4) is 0 Å². The van der Waals surface area contributed by atoms with Crippen LogP contribution in [0.2, 0.25) is 0 Å². The molecule has 10 heteroatoms. The number of sulfonamides is 1. The van der Waals surface area contributed by atoms with Crippen LogP contribution in [-0.4, -0.2) is 63.3 Å². The van der Waals surface area contributed by atoms with E-state index in [1.54, 1.807) is 19.2 Å². The summed E-state index contributed by atoms with van der Waals surface area (Å²) in [6.07, 6.45) is 0. The lowest BCUT2D eigenvalue weighted by molar-refractivity contribution is -0.130. The van der Waals surface area contributed by atoms with Crippen molar-refractivity contribution in [1.82, 2.24) is 9.21 Å². The van der Waals surface area contributed by atoms with Crippen molar-refractivity contribution in [2.75, 3.05) is 44.7 Å². The highest BCUT2D eigenvalue weighted by atomic mass is 32.2. The van der Waals surface area contributed by atoms with Crippen molar-refractivity contribution in [3.05, 3.63) is 59.7 Å². The number of piperazine rings is 1. The Morgan fingerprint density at radius 1 is 1.10 bits per heavy atom. The van der Waals surface area contributed by atoms with Gasteiger partial charge in [0.2, 0.25) is 15.9 Å². The van der Waals surface area contributed by atoms with Crippen molar-refractivity contribution in [3.8, 4) is 6.07 Å². The SMILES string of the molecule is CN(CC(=O)N1CCN(S(=O)(=O)c2ccccc2C#N)CC1)c1ccc(F)c(F)c1. The van der Waals surface area contributed by atoms with Crippen molar-refractivity contribution in [3.63, 3.8) is 0 Å². The zero-order valence-electron chi connectivity index (χ0n) is 16.3. The summed E-state index contributed by atoms with van der Waals surface area (Å²) in [5.74, 6) is -2.21. The van der Waals surface area contributed by atoms with E-state index in [1.807, 2.05) is 6.07 Å². The molecule has 1 heterocycles. The lowest BCUT2D eigenvalue weighted by atomic mass is 10.2. The van der Waals surface area contributed by atoms with E-state index in [9.17, 15) is 27.3 Å². The third-order valence-electron chi connectivity index (χ3n) is 4.93. The summed E-state index contributed by atoms with van der Waals surface area (Å²) in [5.41, 5.74) is 0.431. The third kappa shape index (κ3) is 4.42. The fourth-order valence-electron chi connectivity index (χ4n) is 3.22. The predicted molar refractivity (Wildman–Crippen MR) is 106 cm³/mol. The monoisotopic (exact) mass is 434 g/mol. The lowest BCUT2D eigenvalue weighted by Gasteiger charge is -2.35. The third-order valence-corrected chi connectivity index (χ3v) is 6.89. The fraction of sp³-hybridized carbons (Fsp3) is 0.300. The van der Waals surface area contributed by atoms with Gasteiger partial charge in [-0.2, -0.15) is 9.57 Å². The smallest absolute Gasteiger partial charge is 0.244 e. The summed E-state index contributed by atoms with van der Waals surface area (Å²) in [5, 5.41) is 9.17. The largest absolute Gasteiger partial charge is 0.365 e. The van der Waals surface area contributed by atoms with E-state index in [0.717, 1.165) is 12.1 Å². The van der Waals surface area contributed by atoms with Gasteiger partial charge in [-0.3, -0.25) is 4.79 Å². The molecule has 30 heavy (non-hydrogen) atoms. The first-order valence-corrected chi connectivity index (χ1v) is 10.6. The van der Waals surface area contributed by atoms with Crippen LogP contribution >= 0.6 is 0 Å². The number of nitrogens with zero attached hydrogens (tertiary/aromatic N) is 4. The number of carbonyl (C=O) groups excluding carboxylic acids is 1. The zero-order chi connectivity index (χ0) is 21.9. The van der Waals surface area contributed by atoms with E-state index in [4.69, 9.17) is 0 Å². The summed E-state index contributed by atoms with van der Waals surface area (Å²) >= 11 is 0. The van der Waals surface area contributed by atoms with Crippen molar-refractivity contribution < 1.29 is 22.0 Å². The van der Waals surface area contributed by atoms with Crippen LogP contribution in [-0.2, 0) is 14.8 Å². The molecule has 0 atom stereocenters. The Bertz CT molecular complexity index is 1090. The molecule has 7 nitrogen and oxygen atoms in total. The van der Waals surface area contributed by atoms with Gasteiger partial charge >= 0.3 is 0 Å². The maximum atomic E-state index is 13.4. The molecule has 0 saturated carbocycles. The van der Waals surface area contributed by atoms with Gasteiger partial charge in [-0.25, -0.2) is 17.2 Å². The number of hydrogen-bond acceptors (Lipinski definition) is 5. The quantitative estimate of drug-likeness (QED) is 0.717. The van der Waals surface area contributed by atoms with Gasteiger partial charge in [-0.15, -0.1) is 0 Å². The minimum absolute atomic E-state index is 0.0506. The second-order valence-electron chi connectivity index (χ2n) is 6.85. The van der Waals surface area contributed by atoms with Crippen LogP contribution in [0, 0.1) is 23.0 Å². The van der Waals surface area contributed by atoms with Gasteiger partial charge in [0.05, 0.1) is 17.0 Å². The minimum atomic E-state index is -3.84. The molecule has 0 bridgehead atoms. The molecular formula is C20H20F2N4O3S. The van der Waals surface area contributed by atoms with Gasteiger partial charge in [-0.05, 0) is 24.3 Å². The van der Waals surface area contributed by atoms with E-state index < -0.39 is 21.7 Å². The van der Waals surface area contributed by atoms with Crippen LogP contribution in [0.25, 0.3) is 0 Å².